The molecule has 1 heterocycles. The molecule has 0 bridgehead atoms. The number of carbonyl (C=O) groups is 2. The standard InChI is InChI=1S/C22H23NO5S/c1-23(2)22(26)21-20(17-5-3-4-6-18(17)29-21)28-14-13-27-16-10-7-15(8-11-16)9-12-19(24)25/h3-8,10-11H,9,12-14H2,1-2H3,(H,24,25). The molecular weight excluding hydrogens is 390 g/mol. The van der Waals surface area contributed by atoms with E-state index in [-0.39, 0.29) is 12.3 Å². The highest BCUT2D eigenvalue weighted by Crippen LogP contribution is 2.38. The molecule has 3 rings (SSSR count). The number of carbonyl (C=O) groups excluding carboxylic acids is 1. The van der Waals surface area contributed by atoms with E-state index in [0.717, 1.165) is 15.6 Å². The fourth-order valence-corrected chi connectivity index (χ4v) is 3.98. The predicted octanol–water partition coefficient (Wildman–Crippen LogP) is 4.08. The van der Waals surface area contributed by atoms with Gasteiger partial charge < -0.3 is 19.5 Å². The molecule has 0 fully saturated rings. The van der Waals surface area contributed by atoms with Gasteiger partial charge in [-0.15, -0.1) is 11.3 Å². The van der Waals surface area contributed by atoms with Crippen LogP contribution in [0, 0.1) is 0 Å². The van der Waals surface area contributed by atoms with E-state index in [1.807, 2.05) is 48.5 Å². The summed E-state index contributed by atoms with van der Waals surface area (Å²) in [6.45, 7) is 0.628. The van der Waals surface area contributed by atoms with Crippen LogP contribution < -0.4 is 9.47 Å². The number of benzene rings is 2. The summed E-state index contributed by atoms with van der Waals surface area (Å²) in [6.07, 6.45) is 0.600. The van der Waals surface area contributed by atoms with Gasteiger partial charge >= 0.3 is 5.97 Å². The lowest BCUT2D eigenvalue weighted by Gasteiger charge is -2.12. The zero-order valence-electron chi connectivity index (χ0n) is 16.4. The minimum Gasteiger partial charge on any atom is -0.490 e. The molecule has 0 spiro atoms. The lowest BCUT2D eigenvalue weighted by atomic mass is 10.1. The predicted molar refractivity (Wildman–Crippen MR) is 113 cm³/mol. The zero-order chi connectivity index (χ0) is 20.8. The molecule has 0 aliphatic carbocycles. The Labute approximate surface area is 173 Å². The van der Waals surface area contributed by atoms with Crippen molar-refractivity contribution < 1.29 is 24.2 Å². The highest BCUT2D eigenvalue weighted by molar-refractivity contribution is 7.21. The molecule has 0 saturated heterocycles. The summed E-state index contributed by atoms with van der Waals surface area (Å²) >= 11 is 1.42. The first-order valence-electron chi connectivity index (χ1n) is 9.25. The fourth-order valence-electron chi connectivity index (χ4n) is 2.82. The number of carboxylic acids is 1. The number of ether oxygens (including phenoxy) is 2. The van der Waals surface area contributed by atoms with Crippen molar-refractivity contribution >= 4 is 33.3 Å². The summed E-state index contributed by atoms with van der Waals surface area (Å²) in [5.74, 6) is 0.388. The van der Waals surface area contributed by atoms with Crippen molar-refractivity contribution in [1.29, 1.82) is 0 Å². The number of aryl methyl sites for hydroxylation is 1. The third-order valence-corrected chi connectivity index (χ3v) is 5.44. The molecule has 0 aliphatic heterocycles. The Balaban J connectivity index is 1.60. The van der Waals surface area contributed by atoms with E-state index in [9.17, 15) is 9.59 Å². The molecule has 152 valence electrons. The van der Waals surface area contributed by atoms with E-state index >= 15 is 0 Å². The van der Waals surface area contributed by atoms with Gasteiger partial charge in [-0.05, 0) is 36.2 Å². The maximum Gasteiger partial charge on any atom is 0.303 e. The Bertz CT molecular complexity index is 994. The Hall–Kier alpha value is -3.06. The fraction of sp³-hybridized carbons (Fsp3) is 0.273. The number of aliphatic carboxylic acids is 1. The third kappa shape index (κ3) is 5.26. The molecule has 1 aromatic heterocycles. The van der Waals surface area contributed by atoms with Crippen LogP contribution in [0.15, 0.2) is 48.5 Å². The van der Waals surface area contributed by atoms with Gasteiger partial charge in [0.1, 0.15) is 23.8 Å². The van der Waals surface area contributed by atoms with E-state index in [2.05, 4.69) is 0 Å². The number of fused-ring (bicyclic) bond motifs is 1. The van der Waals surface area contributed by atoms with Crippen LogP contribution in [0.3, 0.4) is 0 Å². The largest absolute Gasteiger partial charge is 0.490 e. The van der Waals surface area contributed by atoms with Crippen molar-refractivity contribution in [2.75, 3.05) is 27.3 Å². The number of nitrogens with zero attached hydrogens (tertiary/aromatic N) is 1. The molecule has 0 aliphatic rings. The molecule has 2 aromatic carbocycles. The topological polar surface area (TPSA) is 76.1 Å². The van der Waals surface area contributed by atoms with Crippen molar-refractivity contribution in [2.24, 2.45) is 0 Å². The molecule has 29 heavy (non-hydrogen) atoms. The second-order valence-electron chi connectivity index (χ2n) is 6.69. The van der Waals surface area contributed by atoms with Gasteiger partial charge in [0, 0.05) is 30.6 Å². The van der Waals surface area contributed by atoms with Crippen molar-refractivity contribution in [1.82, 2.24) is 4.90 Å². The molecule has 0 radical (unpaired) electrons. The van der Waals surface area contributed by atoms with Crippen LogP contribution in [0.25, 0.3) is 10.1 Å². The zero-order valence-corrected chi connectivity index (χ0v) is 17.2. The van der Waals surface area contributed by atoms with Gasteiger partial charge in [-0.2, -0.15) is 0 Å². The Morgan fingerprint density at radius 2 is 1.69 bits per heavy atom. The van der Waals surface area contributed by atoms with Gasteiger partial charge in [0.05, 0.1) is 0 Å². The number of amides is 1. The monoisotopic (exact) mass is 413 g/mol. The summed E-state index contributed by atoms with van der Waals surface area (Å²) in [5.41, 5.74) is 0.951. The number of thiophene rings is 1. The van der Waals surface area contributed by atoms with Crippen molar-refractivity contribution in [3.8, 4) is 11.5 Å². The quantitative estimate of drug-likeness (QED) is 0.535. The van der Waals surface area contributed by atoms with Crippen LogP contribution in [0.1, 0.15) is 21.7 Å². The third-order valence-electron chi connectivity index (χ3n) is 4.30. The second-order valence-corrected chi connectivity index (χ2v) is 7.74. The summed E-state index contributed by atoms with van der Waals surface area (Å²) < 4.78 is 12.7. The van der Waals surface area contributed by atoms with Gasteiger partial charge in [-0.3, -0.25) is 9.59 Å². The van der Waals surface area contributed by atoms with Gasteiger partial charge in [0.25, 0.3) is 5.91 Å². The Kier molecular flexibility index (Phi) is 6.72. The smallest absolute Gasteiger partial charge is 0.303 e. The highest BCUT2D eigenvalue weighted by atomic mass is 32.1. The molecule has 1 N–H and O–H groups in total. The van der Waals surface area contributed by atoms with Crippen molar-refractivity contribution in [3.05, 3.63) is 59.0 Å². The van der Waals surface area contributed by atoms with Crippen LogP contribution >= 0.6 is 11.3 Å². The molecule has 0 unspecified atom stereocenters. The van der Waals surface area contributed by atoms with Crippen LogP contribution in [-0.2, 0) is 11.2 Å². The lowest BCUT2D eigenvalue weighted by molar-refractivity contribution is -0.136. The second kappa shape index (κ2) is 9.43. The van der Waals surface area contributed by atoms with Gasteiger partial charge in [-0.1, -0.05) is 24.3 Å². The summed E-state index contributed by atoms with van der Waals surface area (Å²) in [4.78, 5) is 25.3. The average Bonchev–Trinajstić information content (AvgIpc) is 3.08. The van der Waals surface area contributed by atoms with Crippen LogP contribution in [0.4, 0.5) is 0 Å². The average molecular weight is 413 g/mol. The van der Waals surface area contributed by atoms with E-state index in [0.29, 0.717) is 36.0 Å². The Morgan fingerprint density at radius 3 is 2.38 bits per heavy atom. The number of carboxylic acid groups (broad SMARTS) is 1. The van der Waals surface area contributed by atoms with E-state index < -0.39 is 5.97 Å². The molecule has 0 saturated carbocycles. The number of hydrogen-bond donors (Lipinski definition) is 1. The first-order valence-corrected chi connectivity index (χ1v) is 10.1. The van der Waals surface area contributed by atoms with E-state index in [1.165, 1.54) is 11.3 Å². The van der Waals surface area contributed by atoms with Gasteiger partial charge in [0.2, 0.25) is 0 Å². The molecule has 0 atom stereocenters. The molecular formula is C22H23NO5S. The summed E-state index contributed by atoms with van der Waals surface area (Å²) in [5, 5.41) is 9.66. The number of rotatable bonds is 9. The lowest BCUT2D eigenvalue weighted by Crippen LogP contribution is -2.21. The van der Waals surface area contributed by atoms with E-state index in [4.69, 9.17) is 14.6 Å². The summed E-state index contributed by atoms with van der Waals surface area (Å²) in [6, 6.07) is 15.1. The van der Waals surface area contributed by atoms with E-state index in [1.54, 1.807) is 19.0 Å². The molecule has 1 amide bonds. The van der Waals surface area contributed by atoms with Gasteiger partial charge in [0.15, 0.2) is 5.75 Å². The summed E-state index contributed by atoms with van der Waals surface area (Å²) in [7, 11) is 3.44. The minimum absolute atomic E-state index is 0.0842. The van der Waals surface area contributed by atoms with Crippen LogP contribution in [-0.4, -0.2) is 49.2 Å². The van der Waals surface area contributed by atoms with Crippen LogP contribution in [0.5, 0.6) is 11.5 Å². The first-order chi connectivity index (χ1) is 14.0. The molecule has 7 heteroatoms. The normalized spacial score (nSPS) is 10.7. The van der Waals surface area contributed by atoms with Crippen molar-refractivity contribution in [2.45, 2.75) is 12.8 Å². The SMILES string of the molecule is CN(C)C(=O)c1sc2ccccc2c1OCCOc1ccc(CCC(=O)O)cc1. The van der Waals surface area contributed by atoms with Crippen molar-refractivity contribution in [3.63, 3.8) is 0 Å². The molecule has 3 aromatic rings. The van der Waals surface area contributed by atoms with Crippen LogP contribution in [0.2, 0.25) is 0 Å². The maximum absolute atomic E-state index is 12.5. The maximum atomic E-state index is 12.5. The first kappa shape index (κ1) is 20.7. The Morgan fingerprint density at radius 1 is 1.00 bits per heavy atom. The minimum atomic E-state index is -0.810. The van der Waals surface area contributed by atoms with Gasteiger partial charge in [-0.25, -0.2) is 0 Å². The number of hydrogen-bond acceptors (Lipinski definition) is 5. The highest BCUT2D eigenvalue weighted by Gasteiger charge is 2.21. The molecule has 6 nitrogen and oxygen atoms in total.